The Morgan fingerprint density at radius 1 is 1.56 bits per heavy atom. The van der Waals surface area contributed by atoms with Crippen LogP contribution in [0, 0.1) is 0 Å². The Morgan fingerprint density at radius 2 is 2.38 bits per heavy atom. The van der Waals surface area contributed by atoms with Crippen molar-refractivity contribution in [2.75, 3.05) is 13.1 Å². The summed E-state index contributed by atoms with van der Waals surface area (Å²) in [6.07, 6.45) is 0.807. The minimum atomic E-state index is -0.391. The van der Waals surface area contributed by atoms with Gasteiger partial charge in [0.2, 0.25) is 0 Å². The molecule has 16 heavy (non-hydrogen) atoms. The second-order valence-corrected chi connectivity index (χ2v) is 4.21. The lowest BCUT2D eigenvalue weighted by Gasteiger charge is -2.15. The highest BCUT2D eigenvalue weighted by Gasteiger charge is 2.26. The van der Waals surface area contributed by atoms with Crippen LogP contribution in [-0.2, 0) is 0 Å². The summed E-state index contributed by atoms with van der Waals surface area (Å²) < 4.78 is 5.70. The number of hydrogen-bond donors (Lipinski definition) is 1. The zero-order valence-electron chi connectivity index (χ0n) is 8.73. The molecule has 0 radical (unpaired) electrons. The molecule has 1 aliphatic rings. The summed E-state index contributed by atoms with van der Waals surface area (Å²) in [5, 5.41) is 0.641. The van der Waals surface area contributed by atoms with Crippen LogP contribution < -0.4 is 10.5 Å². The van der Waals surface area contributed by atoms with E-state index in [1.807, 2.05) is 12.1 Å². The molecule has 1 aromatic carbocycles. The molecule has 1 aliphatic heterocycles. The van der Waals surface area contributed by atoms with Crippen LogP contribution in [-0.4, -0.2) is 30.1 Å². The van der Waals surface area contributed by atoms with Crippen molar-refractivity contribution in [3.05, 3.63) is 29.3 Å². The minimum Gasteiger partial charge on any atom is -0.488 e. The monoisotopic (exact) mass is 240 g/mol. The predicted molar refractivity (Wildman–Crippen MR) is 61.6 cm³/mol. The van der Waals surface area contributed by atoms with E-state index in [9.17, 15) is 4.79 Å². The first-order valence-corrected chi connectivity index (χ1v) is 5.49. The van der Waals surface area contributed by atoms with Crippen molar-refractivity contribution in [2.45, 2.75) is 12.5 Å². The molecule has 0 spiro atoms. The lowest BCUT2D eigenvalue weighted by Crippen LogP contribution is -2.35. The van der Waals surface area contributed by atoms with Crippen molar-refractivity contribution < 1.29 is 9.53 Å². The highest BCUT2D eigenvalue weighted by Crippen LogP contribution is 2.21. The van der Waals surface area contributed by atoms with Gasteiger partial charge in [-0.15, -0.1) is 0 Å². The highest BCUT2D eigenvalue weighted by atomic mass is 35.5. The third-order valence-corrected chi connectivity index (χ3v) is 2.79. The molecule has 2 amide bonds. The second-order valence-electron chi connectivity index (χ2n) is 3.77. The summed E-state index contributed by atoms with van der Waals surface area (Å²) in [5.41, 5.74) is 5.19. The molecule has 0 aromatic heterocycles. The Balaban J connectivity index is 1.94. The van der Waals surface area contributed by atoms with Gasteiger partial charge in [-0.05, 0) is 18.2 Å². The van der Waals surface area contributed by atoms with Gasteiger partial charge in [-0.1, -0.05) is 17.7 Å². The lowest BCUT2D eigenvalue weighted by molar-refractivity contribution is 0.192. The Bertz CT molecular complexity index is 397. The molecule has 2 N–H and O–H groups in total. The second kappa shape index (κ2) is 4.61. The number of likely N-dealkylation sites (tertiary alicyclic amines) is 1. The molecular weight excluding hydrogens is 228 g/mol. The van der Waals surface area contributed by atoms with E-state index in [0.717, 1.165) is 12.2 Å². The number of nitrogens with two attached hydrogens (primary N) is 1. The molecule has 1 unspecified atom stereocenters. The molecule has 5 heteroatoms. The van der Waals surface area contributed by atoms with E-state index in [1.165, 1.54) is 0 Å². The molecular formula is C11H13ClN2O2. The van der Waals surface area contributed by atoms with Gasteiger partial charge in [0, 0.05) is 18.0 Å². The number of carbonyl (C=O) groups excluding carboxylic acids is 1. The smallest absolute Gasteiger partial charge is 0.314 e. The third-order valence-electron chi connectivity index (χ3n) is 2.56. The quantitative estimate of drug-likeness (QED) is 0.858. The van der Waals surface area contributed by atoms with Crippen LogP contribution in [0.5, 0.6) is 5.75 Å². The number of carbonyl (C=O) groups is 1. The van der Waals surface area contributed by atoms with Crippen molar-refractivity contribution in [3.63, 3.8) is 0 Å². The molecule has 1 saturated heterocycles. The van der Waals surface area contributed by atoms with E-state index in [1.54, 1.807) is 17.0 Å². The molecule has 0 aliphatic carbocycles. The van der Waals surface area contributed by atoms with E-state index in [-0.39, 0.29) is 6.10 Å². The average Bonchev–Trinajstić information content (AvgIpc) is 2.66. The van der Waals surface area contributed by atoms with Gasteiger partial charge >= 0.3 is 6.03 Å². The number of benzene rings is 1. The largest absolute Gasteiger partial charge is 0.488 e. The van der Waals surface area contributed by atoms with Crippen LogP contribution in [0.2, 0.25) is 5.02 Å². The van der Waals surface area contributed by atoms with Gasteiger partial charge in [0.05, 0.1) is 6.54 Å². The number of primary amides is 1. The highest BCUT2D eigenvalue weighted by molar-refractivity contribution is 6.30. The number of amides is 2. The Hall–Kier alpha value is -1.42. The number of hydrogen-bond acceptors (Lipinski definition) is 2. The Morgan fingerprint density at radius 3 is 3.00 bits per heavy atom. The van der Waals surface area contributed by atoms with Crippen LogP contribution in [0.4, 0.5) is 4.79 Å². The topological polar surface area (TPSA) is 55.6 Å². The molecule has 1 fully saturated rings. The first-order chi connectivity index (χ1) is 7.65. The van der Waals surface area contributed by atoms with Crippen LogP contribution >= 0.6 is 11.6 Å². The summed E-state index contributed by atoms with van der Waals surface area (Å²) in [7, 11) is 0. The van der Waals surface area contributed by atoms with E-state index in [4.69, 9.17) is 22.1 Å². The van der Waals surface area contributed by atoms with Crippen LogP contribution in [0.15, 0.2) is 24.3 Å². The van der Waals surface area contributed by atoms with Crippen LogP contribution in [0.25, 0.3) is 0 Å². The van der Waals surface area contributed by atoms with Gasteiger partial charge in [-0.25, -0.2) is 4.79 Å². The average molecular weight is 241 g/mol. The standard InChI is InChI=1S/C11H13ClN2O2/c12-8-2-1-3-9(6-8)16-10-4-5-14(7-10)11(13)15/h1-3,6,10H,4-5,7H2,(H2,13,15). The fraction of sp³-hybridized carbons (Fsp3) is 0.364. The lowest BCUT2D eigenvalue weighted by atomic mass is 10.3. The zero-order chi connectivity index (χ0) is 11.5. The minimum absolute atomic E-state index is 0.00552. The number of rotatable bonds is 2. The molecule has 1 atom stereocenters. The number of halogens is 1. The van der Waals surface area contributed by atoms with E-state index in [2.05, 4.69) is 0 Å². The van der Waals surface area contributed by atoms with Crippen molar-refractivity contribution in [3.8, 4) is 5.75 Å². The molecule has 2 rings (SSSR count). The van der Waals surface area contributed by atoms with Gasteiger partial charge in [0.1, 0.15) is 11.9 Å². The summed E-state index contributed by atoms with van der Waals surface area (Å²) in [6, 6.07) is 6.84. The van der Waals surface area contributed by atoms with E-state index < -0.39 is 6.03 Å². The van der Waals surface area contributed by atoms with E-state index in [0.29, 0.717) is 18.1 Å². The number of ether oxygens (including phenoxy) is 1. The van der Waals surface area contributed by atoms with Crippen molar-refractivity contribution in [1.82, 2.24) is 4.90 Å². The van der Waals surface area contributed by atoms with Crippen molar-refractivity contribution in [2.24, 2.45) is 5.73 Å². The summed E-state index contributed by atoms with van der Waals surface area (Å²) in [4.78, 5) is 12.5. The van der Waals surface area contributed by atoms with Gasteiger partial charge in [0.15, 0.2) is 0 Å². The molecule has 0 bridgehead atoms. The SMILES string of the molecule is NC(=O)N1CCC(Oc2cccc(Cl)c2)C1. The fourth-order valence-corrected chi connectivity index (χ4v) is 1.94. The summed E-state index contributed by atoms with van der Waals surface area (Å²) in [5.74, 6) is 0.726. The Kier molecular flexibility index (Phi) is 3.19. The normalized spacial score (nSPS) is 19.8. The first-order valence-electron chi connectivity index (χ1n) is 5.12. The first kappa shape index (κ1) is 11.1. The van der Waals surface area contributed by atoms with Crippen molar-refractivity contribution in [1.29, 1.82) is 0 Å². The number of nitrogens with zero attached hydrogens (tertiary/aromatic N) is 1. The van der Waals surface area contributed by atoms with Gasteiger partial charge in [-0.2, -0.15) is 0 Å². The van der Waals surface area contributed by atoms with Gasteiger partial charge in [0.25, 0.3) is 0 Å². The molecule has 1 heterocycles. The molecule has 4 nitrogen and oxygen atoms in total. The van der Waals surface area contributed by atoms with Gasteiger partial charge < -0.3 is 15.4 Å². The predicted octanol–water partition coefficient (Wildman–Crippen LogP) is 1.87. The maximum atomic E-state index is 10.9. The van der Waals surface area contributed by atoms with Crippen molar-refractivity contribution >= 4 is 17.6 Å². The third kappa shape index (κ3) is 2.58. The zero-order valence-corrected chi connectivity index (χ0v) is 9.48. The molecule has 86 valence electrons. The fourth-order valence-electron chi connectivity index (χ4n) is 1.76. The van der Waals surface area contributed by atoms with Crippen LogP contribution in [0.3, 0.4) is 0 Å². The molecule has 1 aromatic rings. The maximum absolute atomic E-state index is 10.9. The van der Waals surface area contributed by atoms with Gasteiger partial charge in [-0.3, -0.25) is 0 Å². The van der Waals surface area contributed by atoms with Crippen LogP contribution in [0.1, 0.15) is 6.42 Å². The maximum Gasteiger partial charge on any atom is 0.314 e. The summed E-state index contributed by atoms with van der Waals surface area (Å²) >= 11 is 5.84. The molecule has 0 saturated carbocycles. The van der Waals surface area contributed by atoms with E-state index >= 15 is 0 Å². The Labute approximate surface area is 98.9 Å². The summed E-state index contributed by atoms with van der Waals surface area (Å²) in [6.45, 7) is 1.20. The number of urea groups is 1.